The first-order chi connectivity index (χ1) is 10.2. The van der Waals surface area contributed by atoms with Gasteiger partial charge in [0.05, 0.1) is 9.80 Å². The minimum absolute atomic E-state index is 0.373. The Balaban J connectivity index is 1.72. The van der Waals surface area contributed by atoms with Crippen molar-refractivity contribution in [2.24, 2.45) is 0 Å². The van der Waals surface area contributed by atoms with Crippen molar-refractivity contribution in [2.45, 2.75) is 11.4 Å². The molecular formula is C17H17NO2S. The molecule has 0 aliphatic carbocycles. The summed E-state index contributed by atoms with van der Waals surface area (Å²) in [5, 5.41) is 0. The Morgan fingerprint density at radius 2 is 1.52 bits per heavy atom. The highest BCUT2D eigenvalue weighted by molar-refractivity contribution is 7.95. The summed E-state index contributed by atoms with van der Waals surface area (Å²) in [5.74, 6) is 0. The molecule has 3 rings (SSSR count). The number of rotatable bonds is 4. The number of benzene rings is 2. The Labute approximate surface area is 125 Å². The molecule has 0 amide bonds. The van der Waals surface area contributed by atoms with Gasteiger partial charge < -0.3 is 0 Å². The van der Waals surface area contributed by atoms with Crippen LogP contribution in [0.2, 0.25) is 0 Å². The van der Waals surface area contributed by atoms with Crippen LogP contribution in [0.5, 0.6) is 0 Å². The highest BCUT2D eigenvalue weighted by Crippen LogP contribution is 2.24. The van der Waals surface area contributed by atoms with Gasteiger partial charge in [0, 0.05) is 19.6 Å². The average molecular weight is 299 g/mol. The van der Waals surface area contributed by atoms with E-state index in [-0.39, 0.29) is 0 Å². The molecule has 0 saturated heterocycles. The van der Waals surface area contributed by atoms with Gasteiger partial charge in [-0.1, -0.05) is 54.6 Å². The lowest BCUT2D eigenvalue weighted by molar-refractivity contribution is 0.343. The van der Waals surface area contributed by atoms with Gasteiger partial charge >= 0.3 is 0 Å². The van der Waals surface area contributed by atoms with Gasteiger partial charge in [0.15, 0.2) is 0 Å². The monoisotopic (exact) mass is 299 g/mol. The van der Waals surface area contributed by atoms with Gasteiger partial charge in [0.25, 0.3) is 0 Å². The third-order valence-electron chi connectivity index (χ3n) is 3.60. The van der Waals surface area contributed by atoms with Gasteiger partial charge in [0.1, 0.15) is 0 Å². The molecule has 0 N–H and O–H groups in total. The van der Waals surface area contributed by atoms with E-state index in [0.29, 0.717) is 22.9 Å². The van der Waals surface area contributed by atoms with E-state index < -0.39 is 9.84 Å². The van der Waals surface area contributed by atoms with Crippen molar-refractivity contribution in [3.05, 3.63) is 77.2 Å². The van der Waals surface area contributed by atoms with Crippen molar-refractivity contribution in [1.82, 2.24) is 4.90 Å². The van der Waals surface area contributed by atoms with Crippen molar-refractivity contribution < 1.29 is 8.42 Å². The quantitative estimate of drug-likeness (QED) is 0.871. The molecule has 1 aliphatic heterocycles. The van der Waals surface area contributed by atoms with E-state index in [1.54, 1.807) is 24.3 Å². The fourth-order valence-electron chi connectivity index (χ4n) is 2.49. The van der Waals surface area contributed by atoms with Crippen molar-refractivity contribution in [3.63, 3.8) is 0 Å². The third kappa shape index (κ3) is 3.06. The summed E-state index contributed by atoms with van der Waals surface area (Å²) in [6, 6.07) is 18.7. The lowest BCUT2D eigenvalue weighted by atomic mass is 10.2. The SMILES string of the molecule is O=S(=O)(C1=CCN(Cc2ccccc2)C1)c1ccccc1. The second kappa shape index (κ2) is 5.84. The van der Waals surface area contributed by atoms with Crippen molar-refractivity contribution in [1.29, 1.82) is 0 Å². The molecule has 0 saturated carbocycles. The zero-order chi connectivity index (χ0) is 14.7. The van der Waals surface area contributed by atoms with Gasteiger partial charge in [-0.2, -0.15) is 0 Å². The largest absolute Gasteiger partial charge is 0.290 e. The van der Waals surface area contributed by atoms with E-state index in [9.17, 15) is 8.42 Å². The van der Waals surface area contributed by atoms with Crippen LogP contribution in [0.4, 0.5) is 0 Å². The van der Waals surface area contributed by atoms with Crippen LogP contribution in [0.3, 0.4) is 0 Å². The Kier molecular flexibility index (Phi) is 3.90. The van der Waals surface area contributed by atoms with Gasteiger partial charge in [-0.05, 0) is 17.7 Å². The topological polar surface area (TPSA) is 37.4 Å². The Morgan fingerprint density at radius 1 is 0.905 bits per heavy atom. The molecule has 2 aromatic rings. The first-order valence-electron chi connectivity index (χ1n) is 6.92. The fraction of sp³-hybridized carbons (Fsp3) is 0.176. The minimum atomic E-state index is -3.34. The Hall–Kier alpha value is -1.91. The Morgan fingerprint density at radius 3 is 2.19 bits per heavy atom. The molecule has 1 heterocycles. The highest BCUT2D eigenvalue weighted by atomic mass is 32.2. The molecule has 0 atom stereocenters. The molecule has 0 radical (unpaired) electrons. The zero-order valence-corrected chi connectivity index (χ0v) is 12.5. The summed E-state index contributed by atoms with van der Waals surface area (Å²) < 4.78 is 25.1. The zero-order valence-electron chi connectivity index (χ0n) is 11.6. The normalized spacial score (nSPS) is 15.9. The summed E-state index contributed by atoms with van der Waals surface area (Å²) >= 11 is 0. The fourth-order valence-corrected chi connectivity index (χ4v) is 3.95. The molecule has 4 heteroatoms. The van der Waals surface area contributed by atoms with Crippen LogP contribution in [0, 0.1) is 0 Å². The molecule has 0 aromatic heterocycles. The lowest BCUT2D eigenvalue weighted by Crippen LogP contribution is -2.21. The maximum atomic E-state index is 12.5. The van der Waals surface area contributed by atoms with Crippen LogP contribution in [-0.2, 0) is 16.4 Å². The lowest BCUT2D eigenvalue weighted by Gasteiger charge is -2.16. The van der Waals surface area contributed by atoms with E-state index in [1.807, 2.05) is 30.3 Å². The maximum Gasteiger partial charge on any atom is 0.203 e. The molecule has 3 nitrogen and oxygen atoms in total. The highest BCUT2D eigenvalue weighted by Gasteiger charge is 2.26. The van der Waals surface area contributed by atoms with Crippen LogP contribution in [0.1, 0.15) is 5.56 Å². The van der Waals surface area contributed by atoms with E-state index in [1.165, 1.54) is 5.56 Å². The summed E-state index contributed by atoms with van der Waals surface area (Å²) in [6.45, 7) is 1.92. The molecule has 108 valence electrons. The van der Waals surface area contributed by atoms with Crippen LogP contribution in [-0.4, -0.2) is 26.4 Å². The smallest absolute Gasteiger partial charge is 0.203 e. The van der Waals surface area contributed by atoms with Crippen LogP contribution >= 0.6 is 0 Å². The molecule has 0 spiro atoms. The average Bonchev–Trinajstić information content (AvgIpc) is 2.98. The van der Waals surface area contributed by atoms with Crippen molar-refractivity contribution >= 4 is 9.84 Å². The predicted molar refractivity (Wildman–Crippen MR) is 83.4 cm³/mol. The van der Waals surface area contributed by atoms with Gasteiger partial charge in [-0.15, -0.1) is 0 Å². The Bertz CT molecular complexity index is 737. The predicted octanol–water partition coefficient (Wildman–Crippen LogP) is 2.86. The number of nitrogens with zero attached hydrogens (tertiary/aromatic N) is 1. The second-order valence-corrected chi connectivity index (χ2v) is 7.14. The molecule has 2 aromatic carbocycles. The summed E-state index contributed by atoms with van der Waals surface area (Å²) in [4.78, 5) is 3.01. The van der Waals surface area contributed by atoms with Crippen LogP contribution in [0.15, 0.2) is 76.5 Å². The number of sulfone groups is 1. The van der Waals surface area contributed by atoms with Gasteiger partial charge in [-0.25, -0.2) is 8.42 Å². The van der Waals surface area contributed by atoms with E-state index in [2.05, 4.69) is 17.0 Å². The molecule has 0 unspecified atom stereocenters. The summed E-state index contributed by atoms with van der Waals surface area (Å²) in [7, 11) is -3.34. The minimum Gasteiger partial charge on any atom is -0.290 e. The maximum absolute atomic E-state index is 12.5. The molecular weight excluding hydrogens is 282 g/mol. The third-order valence-corrected chi connectivity index (χ3v) is 5.48. The standard InChI is InChI=1S/C17H17NO2S/c19-21(20,16-9-5-2-6-10-16)17-11-12-18(14-17)13-15-7-3-1-4-8-15/h1-11H,12-14H2. The van der Waals surface area contributed by atoms with Crippen LogP contribution in [0.25, 0.3) is 0 Å². The number of hydrogen-bond donors (Lipinski definition) is 0. The second-order valence-electron chi connectivity index (χ2n) is 5.14. The van der Waals surface area contributed by atoms with E-state index >= 15 is 0 Å². The summed E-state index contributed by atoms with van der Waals surface area (Å²) in [6.07, 6.45) is 1.82. The van der Waals surface area contributed by atoms with E-state index in [0.717, 1.165) is 6.54 Å². The van der Waals surface area contributed by atoms with Crippen LogP contribution < -0.4 is 0 Å². The first kappa shape index (κ1) is 14.0. The molecule has 0 fully saturated rings. The van der Waals surface area contributed by atoms with Crippen molar-refractivity contribution in [2.75, 3.05) is 13.1 Å². The number of hydrogen-bond acceptors (Lipinski definition) is 3. The summed E-state index contributed by atoms with van der Waals surface area (Å²) in [5.41, 5.74) is 1.20. The van der Waals surface area contributed by atoms with E-state index in [4.69, 9.17) is 0 Å². The first-order valence-corrected chi connectivity index (χ1v) is 8.40. The molecule has 21 heavy (non-hydrogen) atoms. The van der Waals surface area contributed by atoms with Crippen molar-refractivity contribution in [3.8, 4) is 0 Å². The van der Waals surface area contributed by atoms with Gasteiger partial charge in [-0.3, -0.25) is 4.90 Å². The molecule has 0 bridgehead atoms. The van der Waals surface area contributed by atoms with Gasteiger partial charge in [0.2, 0.25) is 9.84 Å². The molecule has 1 aliphatic rings.